The van der Waals surface area contributed by atoms with Crippen LogP contribution >= 0.6 is 0 Å². The Bertz CT molecular complexity index is 66.5. The van der Waals surface area contributed by atoms with Gasteiger partial charge in [0.25, 0.3) is 0 Å². The third-order valence-corrected chi connectivity index (χ3v) is 1.89. The van der Waals surface area contributed by atoms with Crippen LogP contribution in [-0.2, 0) is 0 Å². The average molecular weight is 145 g/mol. The Balaban J connectivity index is 0.000000810. The lowest BCUT2D eigenvalue weighted by Gasteiger charge is -2.25. The molecule has 1 heterocycles. The maximum atomic E-state index is 5.42. The van der Waals surface area contributed by atoms with Gasteiger partial charge in [-0.15, -0.1) is 0 Å². The highest BCUT2D eigenvalue weighted by atomic mass is 15.1. The maximum Gasteiger partial charge on any atom is 0.0105 e. The predicted molar refractivity (Wildman–Crippen MR) is 44.4 cm³/mol. The van der Waals surface area contributed by atoms with E-state index < -0.39 is 0 Å². The van der Waals surface area contributed by atoms with Crippen LogP contribution in [0.15, 0.2) is 0 Å². The number of rotatable bonds is 2. The molecule has 0 aliphatic carbocycles. The fourth-order valence-electron chi connectivity index (χ4n) is 1.37. The molecule has 0 spiro atoms. The molecule has 1 fully saturated rings. The summed E-state index contributed by atoms with van der Waals surface area (Å²) in [5.41, 5.74) is 5.42. The topological polar surface area (TPSA) is 64.3 Å². The molecule has 0 unspecified atom stereocenters. The highest BCUT2D eigenvalue weighted by Crippen LogP contribution is 2.06. The largest absolute Gasteiger partial charge is 0.344 e. The van der Waals surface area contributed by atoms with Crippen LogP contribution in [0.3, 0.4) is 0 Å². The zero-order chi connectivity index (χ0) is 6.53. The van der Waals surface area contributed by atoms with Gasteiger partial charge in [0.15, 0.2) is 0 Å². The van der Waals surface area contributed by atoms with Crippen molar-refractivity contribution in [3.8, 4) is 0 Å². The van der Waals surface area contributed by atoms with Crippen molar-refractivity contribution in [1.82, 2.24) is 11.1 Å². The molecule has 1 aliphatic heterocycles. The fourth-order valence-corrected chi connectivity index (χ4v) is 1.37. The van der Waals surface area contributed by atoms with Crippen LogP contribution in [0, 0.1) is 0 Å². The molecule has 62 valence electrons. The Morgan fingerprint density at radius 1 is 1.10 bits per heavy atom. The Morgan fingerprint density at radius 3 is 2.20 bits per heavy atom. The number of nitrogens with zero attached hydrogens (tertiary/aromatic N) is 1. The molecular formula is C7H19N3. The van der Waals surface area contributed by atoms with Crippen molar-refractivity contribution in [3.05, 3.63) is 0 Å². The number of nitrogens with two attached hydrogens (primary N) is 1. The summed E-state index contributed by atoms with van der Waals surface area (Å²) in [5.74, 6) is 0. The molecule has 0 bridgehead atoms. The van der Waals surface area contributed by atoms with Gasteiger partial charge >= 0.3 is 0 Å². The van der Waals surface area contributed by atoms with Crippen LogP contribution in [0.2, 0.25) is 0 Å². The van der Waals surface area contributed by atoms with E-state index in [9.17, 15) is 0 Å². The van der Waals surface area contributed by atoms with Gasteiger partial charge in [0.05, 0.1) is 0 Å². The monoisotopic (exact) mass is 145 g/mol. The molecule has 3 heteroatoms. The van der Waals surface area contributed by atoms with E-state index in [2.05, 4.69) is 4.90 Å². The van der Waals surface area contributed by atoms with E-state index in [0.29, 0.717) is 0 Å². The Labute approximate surface area is 63.2 Å². The summed E-state index contributed by atoms with van der Waals surface area (Å²) in [6.07, 6.45) is 4.17. The second kappa shape index (κ2) is 5.65. The highest BCUT2D eigenvalue weighted by Gasteiger charge is 2.07. The molecule has 0 radical (unpaired) electrons. The summed E-state index contributed by atoms with van der Waals surface area (Å²) < 4.78 is 0. The lowest BCUT2D eigenvalue weighted by atomic mass is 10.1. The van der Waals surface area contributed by atoms with Crippen molar-refractivity contribution < 1.29 is 0 Å². The SMILES string of the molecule is N.NCCN1CCCCC1. The summed E-state index contributed by atoms with van der Waals surface area (Å²) in [6.45, 7) is 4.47. The molecule has 0 saturated carbocycles. The van der Waals surface area contributed by atoms with Crippen molar-refractivity contribution in [2.45, 2.75) is 19.3 Å². The quantitative estimate of drug-likeness (QED) is 0.598. The maximum absolute atomic E-state index is 5.42. The minimum absolute atomic E-state index is 0. The molecule has 10 heavy (non-hydrogen) atoms. The van der Waals surface area contributed by atoms with Crippen molar-refractivity contribution in [2.75, 3.05) is 26.2 Å². The van der Waals surface area contributed by atoms with E-state index in [0.717, 1.165) is 13.1 Å². The van der Waals surface area contributed by atoms with Gasteiger partial charge in [-0.25, -0.2) is 0 Å². The first kappa shape index (κ1) is 9.88. The predicted octanol–water partition coefficient (Wildman–Crippen LogP) is 0.593. The summed E-state index contributed by atoms with van der Waals surface area (Å²) in [7, 11) is 0. The molecule has 0 atom stereocenters. The van der Waals surface area contributed by atoms with Gasteiger partial charge in [0.2, 0.25) is 0 Å². The summed E-state index contributed by atoms with van der Waals surface area (Å²) in [6, 6.07) is 0. The molecule has 3 nitrogen and oxygen atoms in total. The zero-order valence-electron chi connectivity index (χ0n) is 6.68. The minimum atomic E-state index is 0. The molecule has 0 aromatic rings. The van der Waals surface area contributed by atoms with Crippen LogP contribution < -0.4 is 11.9 Å². The van der Waals surface area contributed by atoms with E-state index >= 15 is 0 Å². The van der Waals surface area contributed by atoms with Crippen molar-refractivity contribution in [2.24, 2.45) is 5.73 Å². The third kappa shape index (κ3) is 3.15. The average Bonchev–Trinajstić information content (AvgIpc) is 1.91. The van der Waals surface area contributed by atoms with Gasteiger partial charge in [0, 0.05) is 13.1 Å². The van der Waals surface area contributed by atoms with Crippen LogP contribution in [0.4, 0.5) is 0 Å². The standard InChI is InChI=1S/C7H16N2.H3N/c8-4-7-9-5-2-1-3-6-9;/h1-8H2;1H3. The Hall–Kier alpha value is -0.120. The molecule has 0 aromatic carbocycles. The van der Waals surface area contributed by atoms with E-state index in [1.165, 1.54) is 32.4 Å². The first-order valence-electron chi connectivity index (χ1n) is 3.86. The van der Waals surface area contributed by atoms with Gasteiger partial charge in [-0.1, -0.05) is 6.42 Å². The number of likely N-dealkylation sites (tertiary alicyclic amines) is 1. The molecule has 0 amide bonds. The molecule has 1 rings (SSSR count). The number of hydrogen-bond donors (Lipinski definition) is 2. The first-order valence-corrected chi connectivity index (χ1v) is 3.86. The minimum Gasteiger partial charge on any atom is -0.344 e. The molecule has 0 aromatic heterocycles. The summed E-state index contributed by atoms with van der Waals surface area (Å²) >= 11 is 0. The lowest BCUT2D eigenvalue weighted by molar-refractivity contribution is 0.235. The van der Waals surface area contributed by atoms with Crippen LogP contribution in [0.25, 0.3) is 0 Å². The molecule has 1 saturated heterocycles. The van der Waals surface area contributed by atoms with Crippen molar-refractivity contribution >= 4 is 0 Å². The fraction of sp³-hybridized carbons (Fsp3) is 1.00. The van der Waals surface area contributed by atoms with Gasteiger partial charge in [-0.2, -0.15) is 0 Å². The molecular weight excluding hydrogens is 126 g/mol. The summed E-state index contributed by atoms with van der Waals surface area (Å²) in [4.78, 5) is 2.45. The first-order chi connectivity index (χ1) is 4.43. The van der Waals surface area contributed by atoms with Crippen LogP contribution in [-0.4, -0.2) is 31.1 Å². The second-order valence-electron chi connectivity index (χ2n) is 2.69. The van der Waals surface area contributed by atoms with Gasteiger partial charge < -0.3 is 16.8 Å². The summed E-state index contributed by atoms with van der Waals surface area (Å²) in [5, 5.41) is 0. The molecule has 1 aliphatic rings. The normalized spacial score (nSPS) is 20.1. The Kier molecular flexibility index (Phi) is 5.58. The second-order valence-corrected chi connectivity index (χ2v) is 2.69. The smallest absolute Gasteiger partial charge is 0.0105 e. The van der Waals surface area contributed by atoms with Gasteiger partial charge in [-0.05, 0) is 25.9 Å². The van der Waals surface area contributed by atoms with E-state index in [4.69, 9.17) is 5.73 Å². The van der Waals surface area contributed by atoms with E-state index in [1.54, 1.807) is 0 Å². The highest BCUT2D eigenvalue weighted by molar-refractivity contribution is 4.63. The van der Waals surface area contributed by atoms with Crippen LogP contribution in [0.1, 0.15) is 19.3 Å². The zero-order valence-corrected chi connectivity index (χ0v) is 6.68. The van der Waals surface area contributed by atoms with Crippen molar-refractivity contribution in [1.29, 1.82) is 0 Å². The number of hydrogen-bond acceptors (Lipinski definition) is 3. The Morgan fingerprint density at radius 2 is 1.70 bits per heavy atom. The number of piperidine rings is 1. The van der Waals surface area contributed by atoms with Gasteiger partial charge in [0.1, 0.15) is 0 Å². The van der Waals surface area contributed by atoms with Crippen LogP contribution in [0.5, 0.6) is 0 Å². The third-order valence-electron chi connectivity index (χ3n) is 1.89. The molecule has 5 N–H and O–H groups in total. The van der Waals surface area contributed by atoms with E-state index in [-0.39, 0.29) is 6.15 Å². The lowest BCUT2D eigenvalue weighted by Crippen LogP contribution is -2.33. The van der Waals surface area contributed by atoms with Crippen molar-refractivity contribution in [3.63, 3.8) is 0 Å². The van der Waals surface area contributed by atoms with E-state index in [1.807, 2.05) is 0 Å². The van der Waals surface area contributed by atoms with Gasteiger partial charge in [-0.3, -0.25) is 0 Å².